The maximum absolute atomic E-state index is 7.19. The molecule has 0 aromatic carbocycles. The van der Waals surface area contributed by atoms with Gasteiger partial charge in [-0.2, -0.15) is 0 Å². The Morgan fingerprint density at radius 3 is 2.73 bits per heavy atom. The molecule has 3 N–H and O–H groups in total. The van der Waals surface area contributed by atoms with Crippen LogP contribution in [-0.2, 0) is 0 Å². The van der Waals surface area contributed by atoms with Crippen LogP contribution in [0.15, 0.2) is 18.3 Å². The average Bonchev–Trinajstić information content (AvgIpc) is 2.18. The molecule has 0 radical (unpaired) electrons. The van der Waals surface area contributed by atoms with E-state index in [0.717, 1.165) is 6.54 Å². The van der Waals surface area contributed by atoms with Crippen LogP contribution < -0.4 is 10.5 Å². The summed E-state index contributed by atoms with van der Waals surface area (Å²) in [4.78, 5) is 6.07. The van der Waals surface area contributed by atoms with Gasteiger partial charge in [0.25, 0.3) is 0 Å². The molecule has 0 unspecified atom stereocenters. The maximum atomic E-state index is 7.19. The third-order valence-electron chi connectivity index (χ3n) is 1.84. The molecule has 0 spiro atoms. The number of likely N-dealkylation sites (N-methyl/N-ethyl adjacent to an activating group) is 1. The minimum atomic E-state index is 0.0161. The lowest BCUT2D eigenvalue weighted by Gasteiger charge is -2.10. The number of nitrogens with zero attached hydrogens (tertiary/aromatic N) is 2. The number of pyridine rings is 1. The van der Waals surface area contributed by atoms with Crippen molar-refractivity contribution in [2.24, 2.45) is 5.73 Å². The summed E-state index contributed by atoms with van der Waals surface area (Å²) in [7, 11) is 3.96. The Hall–Kier alpha value is -1.62. The SMILES string of the molecule is CN(C)CCOc1ccc(C(=N)N)cn1. The molecule has 0 aliphatic carbocycles. The van der Waals surface area contributed by atoms with Crippen molar-refractivity contribution >= 4 is 5.84 Å². The monoisotopic (exact) mass is 208 g/mol. The van der Waals surface area contributed by atoms with Crippen molar-refractivity contribution < 1.29 is 4.74 Å². The molecule has 1 rings (SSSR count). The van der Waals surface area contributed by atoms with Gasteiger partial charge in [-0.3, -0.25) is 5.41 Å². The second-order valence-corrected chi connectivity index (χ2v) is 3.45. The number of nitrogen functional groups attached to an aromatic ring is 1. The Morgan fingerprint density at radius 1 is 1.53 bits per heavy atom. The van der Waals surface area contributed by atoms with Crippen molar-refractivity contribution in [2.75, 3.05) is 27.2 Å². The molecule has 0 saturated heterocycles. The van der Waals surface area contributed by atoms with Gasteiger partial charge in [0.15, 0.2) is 0 Å². The molecule has 1 aromatic heterocycles. The van der Waals surface area contributed by atoms with E-state index in [1.54, 1.807) is 12.1 Å². The molecule has 0 atom stereocenters. The van der Waals surface area contributed by atoms with Gasteiger partial charge >= 0.3 is 0 Å². The fourth-order valence-corrected chi connectivity index (χ4v) is 0.958. The molecule has 0 saturated carbocycles. The van der Waals surface area contributed by atoms with E-state index in [1.807, 2.05) is 19.0 Å². The number of nitrogens with one attached hydrogen (secondary N) is 1. The minimum Gasteiger partial charge on any atom is -0.476 e. The highest BCUT2D eigenvalue weighted by Gasteiger charge is 1.99. The first-order chi connectivity index (χ1) is 7.09. The third-order valence-corrected chi connectivity index (χ3v) is 1.84. The third kappa shape index (κ3) is 3.95. The molecule has 0 amide bonds. The van der Waals surface area contributed by atoms with Crippen LogP contribution >= 0.6 is 0 Å². The van der Waals surface area contributed by atoms with Gasteiger partial charge < -0.3 is 15.4 Å². The van der Waals surface area contributed by atoms with Gasteiger partial charge in [-0.05, 0) is 20.2 Å². The molecule has 0 fully saturated rings. The number of hydrogen-bond donors (Lipinski definition) is 2. The number of nitrogens with two attached hydrogens (primary N) is 1. The number of amidine groups is 1. The largest absolute Gasteiger partial charge is 0.476 e. The zero-order valence-corrected chi connectivity index (χ0v) is 9.03. The molecule has 5 heteroatoms. The Morgan fingerprint density at radius 2 is 2.27 bits per heavy atom. The molecular weight excluding hydrogens is 192 g/mol. The van der Waals surface area contributed by atoms with E-state index >= 15 is 0 Å². The van der Waals surface area contributed by atoms with E-state index < -0.39 is 0 Å². The van der Waals surface area contributed by atoms with Crippen molar-refractivity contribution in [2.45, 2.75) is 0 Å². The standard InChI is InChI=1S/C10H16N4O/c1-14(2)5-6-15-9-4-3-8(7-13-9)10(11)12/h3-4,7H,5-6H2,1-2H3,(H3,11,12). The molecule has 5 nitrogen and oxygen atoms in total. The number of ether oxygens (including phenoxy) is 1. The van der Waals surface area contributed by atoms with E-state index in [-0.39, 0.29) is 5.84 Å². The van der Waals surface area contributed by atoms with Crippen molar-refractivity contribution in [1.29, 1.82) is 5.41 Å². The quantitative estimate of drug-likeness (QED) is 0.539. The first-order valence-corrected chi connectivity index (χ1v) is 4.67. The maximum Gasteiger partial charge on any atom is 0.213 e. The molecule has 82 valence electrons. The second kappa shape index (κ2) is 5.31. The van der Waals surface area contributed by atoms with Gasteiger partial charge in [-0.25, -0.2) is 4.98 Å². The summed E-state index contributed by atoms with van der Waals surface area (Å²) in [5.41, 5.74) is 5.91. The van der Waals surface area contributed by atoms with Gasteiger partial charge in [0.2, 0.25) is 5.88 Å². The summed E-state index contributed by atoms with van der Waals surface area (Å²) in [6, 6.07) is 3.44. The summed E-state index contributed by atoms with van der Waals surface area (Å²) in [6.45, 7) is 1.44. The summed E-state index contributed by atoms with van der Waals surface area (Å²) < 4.78 is 5.39. The Labute approximate surface area is 89.4 Å². The van der Waals surface area contributed by atoms with E-state index in [1.165, 1.54) is 6.20 Å². The summed E-state index contributed by atoms with van der Waals surface area (Å²) in [5.74, 6) is 0.573. The van der Waals surface area contributed by atoms with Crippen molar-refractivity contribution in [3.63, 3.8) is 0 Å². The Balaban J connectivity index is 2.46. The number of rotatable bonds is 5. The van der Waals surface area contributed by atoms with E-state index in [2.05, 4.69) is 4.98 Å². The first kappa shape index (κ1) is 11.5. The minimum absolute atomic E-state index is 0.0161. The Bertz CT molecular complexity index is 321. The number of aromatic nitrogens is 1. The number of hydrogen-bond acceptors (Lipinski definition) is 4. The topological polar surface area (TPSA) is 75.2 Å². The van der Waals surface area contributed by atoms with E-state index in [9.17, 15) is 0 Å². The predicted octanol–water partition coefficient (Wildman–Crippen LogP) is 0.306. The average molecular weight is 208 g/mol. The highest BCUT2D eigenvalue weighted by molar-refractivity contribution is 5.94. The van der Waals surface area contributed by atoms with Crippen molar-refractivity contribution in [3.8, 4) is 5.88 Å². The van der Waals surface area contributed by atoms with Crippen LogP contribution in [0.5, 0.6) is 5.88 Å². The van der Waals surface area contributed by atoms with Gasteiger partial charge in [0.05, 0.1) is 0 Å². The summed E-state index contributed by atoms with van der Waals surface area (Å²) >= 11 is 0. The van der Waals surface area contributed by atoms with Gasteiger partial charge in [-0.1, -0.05) is 0 Å². The molecule has 1 aromatic rings. The summed E-state index contributed by atoms with van der Waals surface area (Å²) in [5, 5.41) is 7.19. The van der Waals surface area contributed by atoms with Gasteiger partial charge in [0, 0.05) is 24.4 Å². The fourth-order valence-electron chi connectivity index (χ4n) is 0.958. The van der Waals surface area contributed by atoms with Crippen LogP contribution in [0, 0.1) is 5.41 Å². The zero-order chi connectivity index (χ0) is 11.3. The van der Waals surface area contributed by atoms with Crippen LogP contribution in [0.3, 0.4) is 0 Å². The summed E-state index contributed by atoms with van der Waals surface area (Å²) in [6.07, 6.45) is 1.54. The zero-order valence-electron chi connectivity index (χ0n) is 9.03. The van der Waals surface area contributed by atoms with Crippen LogP contribution in [0.1, 0.15) is 5.56 Å². The van der Waals surface area contributed by atoms with Crippen LogP contribution in [0.2, 0.25) is 0 Å². The predicted molar refractivity (Wildman–Crippen MR) is 59.3 cm³/mol. The van der Waals surface area contributed by atoms with E-state index in [4.69, 9.17) is 15.9 Å². The second-order valence-electron chi connectivity index (χ2n) is 3.45. The van der Waals surface area contributed by atoms with Crippen LogP contribution in [0.25, 0.3) is 0 Å². The molecule has 0 aliphatic heterocycles. The smallest absolute Gasteiger partial charge is 0.213 e. The molecular formula is C10H16N4O. The van der Waals surface area contributed by atoms with Gasteiger partial charge in [-0.15, -0.1) is 0 Å². The molecule has 0 aliphatic rings. The van der Waals surface area contributed by atoms with Crippen LogP contribution in [-0.4, -0.2) is 43.0 Å². The fraction of sp³-hybridized carbons (Fsp3) is 0.400. The Kier molecular flexibility index (Phi) is 4.05. The van der Waals surface area contributed by atoms with Gasteiger partial charge in [0.1, 0.15) is 12.4 Å². The van der Waals surface area contributed by atoms with Crippen molar-refractivity contribution in [1.82, 2.24) is 9.88 Å². The molecule has 0 bridgehead atoms. The lowest BCUT2D eigenvalue weighted by atomic mass is 10.3. The normalized spacial score (nSPS) is 10.3. The highest BCUT2D eigenvalue weighted by atomic mass is 16.5. The lowest BCUT2D eigenvalue weighted by Crippen LogP contribution is -2.19. The van der Waals surface area contributed by atoms with Crippen molar-refractivity contribution in [3.05, 3.63) is 23.9 Å². The molecule has 1 heterocycles. The van der Waals surface area contributed by atoms with Crippen LogP contribution in [0.4, 0.5) is 0 Å². The first-order valence-electron chi connectivity index (χ1n) is 4.67. The molecule has 15 heavy (non-hydrogen) atoms. The van der Waals surface area contributed by atoms with E-state index in [0.29, 0.717) is 18.1 Å². The highest BCUT2D eigenvalue weighted by Crippen LogP contribution is 2.06. The lowest BCUT2D eigenvalue weighted by molar-refractivity contribution is 0.254.